The third kappa shape index (κ3) is 3.76. The molecule has 0 bridgehead atoms. The van der Waals surface area contributed by atoms with Crippen LogP contribution >= 0.6 is 0 Å². The summed E-state index contributed by atoms with van der Waals surface area (Å²) in [5.74, 6) is -0.484. The van der Waals surface area contributed by atoms with E-state index in [0.717, 1.165) is 12.1 Å². The van der Waals surface area contributed by atoms with Gasteiger partial charge in [0.05, 0.1) is 5.56 Å². The monoisotopic (exact) mass is 345 g/mol. The van der Waals surface area contributed by atoms with Crippen LogP contribution in [0.15, 0.2) is 64.8 Å². The van der Waals surface area contributed by atoms with Crippen molar-refractivity contribution < 1.29 is 18.0 Å². The van der Waals surface area contributed by atoms with Crippen LogP contribution in [0.5, 0.6) is 0 Å². The predicted molar refractivity (Wildman–Crippen MR) is 90.2 cm³/mol. The van der Waals surface area contributed by atoms with Gasteiger partial charge in [-0.15, -0.1) is 0 Å². The molecule has 0 aromatic heterocycles. The second-order valence-corrected chi connectivity index (χ2v) is 5.41. The minimum Gasteiger partial charge on any atom is -0.276 e. The lowest BCUT2D eigenvalue weighted by molar-refractivity contribution is -0.137. The van der Waals surface area contributed by atoms with E-state index in [-0.39, 0.29) is 11.4 Å². The number of halogens is 3. The summed E-state index contributed by atoms with van der Waals surface area (Å²) < 4.78 is 39.1. The predicted octanol–water partition coefficient (Wildman–Crippen LogP) is 4.59. The summed E-state index contributed by atoms with van der Waals surface area (Å²) in [6.45, 7) is 0. The number of nitrogens with zero attached hydrogens (tertiary/aromatic N) is 3. The Hall–Kier alpha value is -2.96. The molecule has 1 aliphatic rings. The molecule has 25 heavy (non-hydrogen) atoms. The van der Waals surface area contributed by atoms with E-state index in [0.29, 0.717) is 18.5 Å². The molecule has 0 spiro atoms. The normalized spacial score (nSPS) is 14.1. The zero-order chi connectivity index (χ0) is 17.9. The van der Waals surface area contributed by atoms with Crippen LogP contribution in [0.1, 0.15) is 18.4 Å². The highest BCUT2D eigenvalue weighted by molar-refractivity contribution is 6.45. The van der Waals surface area contributed by atoms with E-state index in [1.165, 1.54) is 17.0 Å². The molecule has 2 aromatic rings. The first-order valence-corrected chi connectivity index (χ1v) is 7.62. The summed E-state index contributed by atoms with van der Waals surface area (Å²) in [5.41, 5.74) is -0.0153. The second kappa shape index (κ2) is 6.88. The summed E-state index contributed by atoms with van der Waals surface area (Å²) in [6, 6.07) is 13.2. The molecule has 1 aliphatic heterocycles. The highest BCUT2D eigenvalue weighted by Crippen LogP contribution is 2.34. The van der Waals surface area contributed by atoms with Crippen molar-refractivity contribution in [3.63, 3.8) is 0 Å². The van der Waals surface area contributed by atoms with Crippen LogP contribution < -0.4 is 4.90 Å². The number of amides is 1. The smallest absolute Gasteiger partial charge is 0.276 e. The van der Waals surface area contributed by atoms with Crippen molar-refractivity contribution in [1.29, 1.82) is 0 Å². The lowest BCUT2D eigenvalue weighted by atomic mass is 10.1. The van der Waals surface area contributed by atoms with Crippen molar-refractivity contribution in [2.45, 2.75) is 19.0 Å². The molecular weight excluding hydrogens is 331 g/mol. The quantitative estimate of drug-likeness (QED) is 0.802. The highest BCUT2D eigenvalue weighted by atomic mass is 19.4. The average molecular weight is 345 g/mol. The molecule has 1 amide bonds. The maximum Gasteiger partial charge on any atom is 0.416 e. The molecule has 0 N–H and O–H groups in total. The van der Waals surface area contributed by atoms with Gasteiger partial charge in [0.2, 0.25) is 0 Å². The van der Waals surface area contributed by atoms with Gasteiger partial charge in [0.1, 0.15) is 5.71 Å². The van der Waals surface area contributed by atoms with Gasteiger partial charge in [-0.2, -0.15) is 23.4 Å². The van der Waals surface area contributed by atoms with Crippen LogP contribution in [0.3, 0.4) is 0 Å². The molecule has 0 fully saturated rings. The minimum absolute atomic E-state index is 0.128. The van der Waals surface area contributed by atoms with Gasteiger partial charge in [0.25, 0.3) is 5.91 Å². The van der Waals surface area contributed by atoms with Crippen molar-refractivity contribution in [2.24, 2.45) is 10.2 Å². The number of hydrogen-bond acceptors (Lipinski definition) is 3. The Morgan fingerprint density at radius 2 is 1.72 bits per heavy atom. The largest absolute Gasteiger partial charge is 0.416 e. The highest BCUT2D eigenvalue weighted by Gasteiger charge is 2.32. The van der Waals surface area contributed by atoms with Crippen LogP contribution in [-0.2, 0) is 11.0 Å². The summed E-state index contributed by atoms with van der Waals surface area (Å²) in [4.78, 5) is 14.1. The molecule has 0 saturated heterocycles. The van der Waals surface area contributed by atoms with Crippen LogP contribution in [0.2, 0.25) is 0 Å². The van der Waals surface area contributed by atoms with E-state index in [9.17, 15) is 18.0 Å². The Morgan fingerprint density at radius 3 is 2.36 bits per heavy atom. The molecule has 0 saturated carbocycles. The van der Waals surface area contributed by atoms with Crippen LogP contribution in [0.25, 0.3) is 0 Å². The molecule has 128 valence electrons. The van der Waals surface area contributed by atoms with E-state index in [4.69, 9.17) is 0 Å². The van der Waals surface area contributed by atoms with Gasteiger partial charge in [-0.25, -0.2) is 0 Å². The van der Waals surface area contributed by atoms with Crippen LogP contribution in [-0.4, -0.2) is 17.8 Å². The van der Waals surface area contributed by atoms with Gasteiger partial charge >= 0.3 is 6.18 Å². The topological polar surface area (TPSA) is 45.0 Å². The molecule has 0 unspecified atom stereocenters. The fourth-order valence-corrected chi connectivity index (χ4v) is 2.48. The molecule has 1 heterocycles. The molecule has 0 aliphatic carbocycles. The van der Waals surface area contributed by atoms with E-state index >= 15 is 0 Å². The number of anilines is 2. The van der Waals surface area contributed by atoms with E-state index < -0.39 is 17.6 Å². The minimum atomic E-state index is -4.49. The Bertz CT molecular complexity index is 829. The molecule has 2 aromatic carbocycles. The third-order valence-electron chi connectivity index (χ3n) is 3.67. The number of hydrogen-bond donors (Lipinski definition) is 0. The fourth-order valence-electron chi connectivity index (χ4n) is 2.48. The van der Waals surface area contributed by atoms with Crippen molar-refractivity contribution in [1.82, 2.24) is 0 Å². The maximum absolute atomic E-state index is 13.0. The van der Waals surface area contributed by atoms with Crippen molar-refractivity contribution in [2.75, 3.05) is 4.90 Å². The lowest BCUT2D eigenvalue weighted by Gasteiger charge is -2.24. The van der Waals surface area contributed by atoms with Gasteiger partial charge < -0.3 is 0 Å². The Morgan fingerprint density at radius 1 is 1.00 bits per heavy atom. The Balaban J connectivity index is 2.08. The molecule has 3 rings (SSSR count). The maximum atomic E-state index is 13.0. The standard InChI is InChI=1S/C18H14F3N3O/c19-18(20,21)13-6-4-9-15(12-13)24(14-7-2-1-3-8-14)17(25)16-10-5-11-22-23-16/h1-4,6-9,11-12H,5,10H2. The summed E-state index contributed by atoms with van der Waals surface area (Å²) in [7, 11) is 0. The number of rotatable bonds is 3. The third-order valence-corrected chi connectivity index (χ3v) is 3.67. The Kier molecular flexibility index (Phi) is 4.65. The zero-order valence-electron chi connectivity index (χ0n) is 13.1. The fraction of sp³-hybridized carbons (Fsp3) is 0.167. The Labute approximate surface area is 142 Å². The SMILES string of the molecule is O=C(C1=NN=CCC1)N(c1ccccc1)c1cccc(C(F)(F)F)c1. The van der Waals surface area contributed by atoms with Gasteiger partial charge in [0, 0.05) is 24.0 Å². The van der Waals surface area contributed by atoms with Gasteiger partial charge in [-0.1, -0.05) is 24.3 Å². The van der Waals surface area contributed by atoms with E-state index in [1.807, 2.05) is 0 Å². The number of carbonyl (C=O) groups is 1. The number of carbonyl (C=O) groups excluding carboxylic acids is 1. The average Bonchev–Trinajstić information content (AvgIpc) is 2.63. The van der Waals surface area contributed by atoms with Crippen LogP contribution in [0.4, 0.5) is 24.5 Å². The molecule has 7 heteroatoms. The van der Waals surface area contributed by atoms with E-state index in [1.54, 1.807) is 36.5 Å². The first kappa shape index (κ1) is 16.9. The summed E-state index contributed by atoms with van der Waals surface area (Å²) in [6.07, 6.45) is -1.94. The first-order chi connectivity index (χ1) is 12.0. The van der Waals surface area contributed by atoms with Crippen LogP contribution in [0, 0.1) is 0 Å². The van der Waals surface area contributed by atoms with E-state index in [2.05, 4.69) is 10.2 Å². The van der Waals surface area contributed by atoms with Crippen molar-refractivity contribution in [3.8, 4) is 0 Å². The van der Waals surface area contributed by atoms with Gasteiger partial charge in [0.15, 0.2) is 0 Å². The lowest BCUT2D eigenvalue weighted by Crippen LogP contribution is -2.33. The molecule has 0 radical (unpaired) electrons. The number of benzene rings is 2. The van der Waals surface area contributed by atoms with Crippen molar-refractivity contribution >= 4 is 29.2 Å². The van der Waals surface area contributed by atoms with Gasteiger partial charge in [-0.05, 0) is 36.8 Å². The molecule has 0 atom stereocenters. The molecule has 4 nitrogen and oxygen atoms in total. The molecular formula is C18H14F3N3O. The first-order valence-electron chi connectivity index (χ1n) is 7.62. The second-order valence-electron chi connectivity index (χ2n) is 5.41. The number of alkyl halides is 3. The zero-order valence-corrected chi connectivity index (χ0v) is 13.1. The van der Waals surface area contributed by atoms with Gasteiger partial charge in [-0.3, -0.25) is 9.69 Å². The number of para-hydroxylation sites is 1. The summed E-state index contributed by atoms with van der Waals surface area (Å²) >= 11 is 0. The summed E-state index contributed by atoms with van der Waals surface area (Å²) in [5, 5.41) is 7.59. The van der Waals surface area contributed by atoms with Crippen molar-refractivity contribution in [3.05, 3.63) is 60.2 Å².